The van der Waals surface area contributed by atoms with Crippen LogP contribution in [0.3, 0.4) is 0 Å². The first-order valence-corrected chi connectivity index (χ1v) is 23.9. The Hall–Kier alpha value is -6.26. The molecule has 0 aliphatic rings. The first-order valence-electron chi connectivity index (χ1n) is 22.2. The second-order valence-corrected chi connectivity index (χ2v) is 20.5. The Kier molecular flexibility index (Phi) is 12.4. The fraction of sp³-hybridized carbons (Fsp3) is 0.169. The molecule has 1 radical (unpaired) electrons. The van der Waals surface area contributed by atoms with E-state index in [2.05, 4.69) is 185 Å². The van der Waals surface area contributed by atoms with Crippen LogP contribution in [0.25, 0.3) is 90.8 Å². The molecule has 7 aromatic carbocycles. The zero-order chi connectivity index (χ0) is 45.0. The zero-order valence-electron chi connectivity index (χ0n) is 38.0. The first-order chi connectivity index (χ1) is 31.5. The van der Waals surface area contributed by atoms with E-state index in [4.69, 9.17) is 4.98 Å². The van der Waals surface area contributed by atoms with Gasteiger partial charge in [-0.25, -0.2) is 0 Å². The van der Waals surface area contributed by atoms with Gasteiger partial charge in [0.25, 0.3) is 0 Å². The monoisotopic (exact) mass is 1070 g/mol. The first kappa shape index (κ1) is 44.9. The van der Waals surface area contributed by atoms with Gasteiger partial charge in [0.1, 0.15) is 0 Å². The van der Waals surface area contributed by atoms with Crippen molar-refractivity contribution in [3.63, 3.8) is 0 Å². The number of thiophene rings is 2. The minimum Gasteiger partial charge on any atom is -0.333 e. The van der Waals surface area contributed by atoms with Gasteiger partial charge in [0, 0.05) is 56.9 Å². The summed E-state index contributed by atoms with van der Waals surface area (Å²) >= 11 is 3.58. The number of imidazole rings is 1. The van der Waals surface area contributed by atoms with Crippen LogP contribution in [0.2, 0.25) is 0 Å². The van der Waals surface area contributed by atoms with Crippen molar-refractivity contribution < 1.29 is 20.1 Å². The number of para-hydroxylation sites is 2. The molecule has 0 bridgehead atoms. The predicted molar refractivity (Wildman–Crippen MR) is 277 cm³/mol. The van der Waals surface area contributed by atoms with E-state index in [-0.39, 0.29) is 25.5 Å². The van der Waals surface area contributed by atoms with Crippen LogP contribution in [0.4, 0.5) is 0 Å². The topological polar surface area (TPSA) is 54.5 Å². The molecule has 0 spiro atoms. The van der Waals surface area contributed by atoms with E-state index in [1.54, 1.807) is 11.3 Å². The summed E-state index contributed by atoms with van der Waals surface area (Å²) in [6.45, 7) is 15.8. The number of aromatic nitrogens is 3. The van der Waals surface area contributed by atoms with Crippen molar-refractivity contribution in [2.24, 2.45) is 0 Å². The molecule has 0 saturated carbocycles. The zero-order valence-corrected chi connectivity index (χ0v) is 42.1. The van der Waals surface area contributed by atoms with E-state index >= 15 is 0 Å². The molecule has 4 nitrogen and oxygen atoms in total. The van der Waals surface area contributed by atoms with Crippen molar-refractivity contribution in [2.45, 2.75) is 65.7 Å². The molecule has 0 unspecified atom stereocenters. The molecule has 4 heterocycles. The Morgan fingerprint density at radius 1 is 0.636 bits per heavy atom. The van der Waals surface area contributed by atoms with Crippen LogP contribution in [0.1, 0.15) is 82.6 Å². The van der Waals surface area contributed by atoms with Crippen molar-refractivity contribution in [1.82, 2.24) is 14.5 Å². The molecule has 11 rings (SSSR count). The summed E-state index contributed by atoms with van der Waals surface area (Å²) in [5, 5.41) is 14.4. The number of fused-ring (bicyclic) bond motifs is 7. The fourth-order valence-electron chi connectivity index (χ4n) is 8.88. The van der Waals surface area contributed by atoms with E-state index in [1.807, 2.05) is 53.9 Å². The molecule has 4 aromatic heterocycles. The number of nitrogens with zero attached hydrogens (tertiary/aromatic N) is 4. The molecular weight excluding hydrogens is 1020 g/mol. The molecule has 0 aliphatic heterocycles. The van der Waals surface area contributed by atoms with Gasteiger partial charge in [-0.05, 0) is 115 Å². The van der Waals surface area contributed by atoms with Gasteiger partial charge in [-0.2, -0.15) is 16.6 Å². The van der Waals surface area contributed by atoms with E-state index in [0.29, 0.717) is 17.4 Å². The summed E-state index contributed by atoms with van der Waals surface area (Å²) < 4.78 is 7.25. The van der Waals surface area contributed by atoms with Crippen molar-refractivity contribution >= 4 is 74.1 Å². The van der Waals surface area contributed by atoms with Crippen molar-refractivity contribution in [1.29, 1.82) is 5.26 Å². The predicted octanol–water partition coefficient (Wildman–Crippen LogP) is 16.9. The van der Waals surface area contributed by atoms with Crippen molar-refractivity contribution in [3.05, 3.63) is 186 Å². The molecule has 11 aromatic rings. The smallest absolute Gasteiger partial charge is 0.0992 e. The Bertz CT molecular complexity index is 3570. The van der Waals surface area contributed by atoms with Crippen LogP contribution in [0.5, 0.6) is 0 Å². The van der Waals surface area contributed by atoms with Gasteiger partial charge in [-0.1, -0.05) is 114 Å². The molecule has 7 heteroatoms. The quantitative estimate of drug-likeness (QED) is 0.156. The fourth-order valence-corrected chi connectivity index (χ4v) is 11.3. The van der Waals surface area contributed by atoms with E-state index in [1.165, 1.54) is 69.1 Å². The SMILES string of the molecule is CC(C)(C)c1ccnc(-c2[c-]cccc2)c1.CC(C)c1cc(-c2ccccc2)cc(C(C)C)c1-n1c(-c2[c-]ccc3c2sc2cc4c(cc23)sc2cc(C#N)ccc24)nc2ccccc21.[Ir]. The van der Waals surface area contributed by atoms with Crippen LogP contribution >= 0.6 is 22.7 Å². The maximum atomic E-state index is 9.46. The minimum absolute atomic E-state index is 0. The van der Waals surface area contributed by atoms with Gasteiger partial charge < -0.3 is 9.55 Å². The third kappa shape index (κ3) is 8.29. The van der Waals surface area contributed by atoms with E-state index < -0.39 is 0 Å². The second-order valence-electron chi connectivity index (χ2n) is 18.4. The summed E-state index contributed by atoms with van der Waals surface area (Å²) in [7, 11) is 0. The molecule has 0 saturated heterocycles. The summed E-state index contributed by atoms with van der Waals surface area (Å²) in [6, 6.07) is 60.3. The van der Waals surface area contributed by atoms with Gasteiger partial charge in [-0.3, -0.25) is 4.98 Å². The summed E-state index contributed by atoms with van der Waals surface area (Å²) in [6.07, 6.45) is 1.87. The average Bonchev–Trinajstić information content (AvgIpc) is 4.01. The standard InChI is InChI=1S/C44H32N3S2.C15H16N.Ir/c1-25(2)33-20-29(28-11-6-5-7-12-28)21-34(26(3)4)42(33)47-38-16-9-8-15-37(38)46-44(47)32-14-10-13-31-36-23-40-35(22-41(36)49-43(31)32)30-18-17-27(24-45)19-39(30)48-40;1-15(2,3)13-9-10-16-14(11-13)12-7-5-4-6-8-12;/h5-13,15-23,25-26H,1-4H3;4-7,9-11H,1-3H3;/q2*-1;. The Morgan fingerprint density at radius 3 is 2.02 bits per heavy atom. The molecule has 0 aliphatic carbocycles. The van der Waals surface area contributed by atoms with E-state index in [9.17, 15) is 5.26 Å². The third-order valence-electron chi connectivity index (χ3n) is 12.3. The molecular formula is C59H48IrN4S2-2. The number of pyridine rings is 1. The Morgan fingerprint density at radius 2 is 1.32 bits per heavy atom. The van der Waals surface area contributed by atoms with Crippen LogP contribution in [-0.2, 0) is 25.5 Å². The number of nitriles is 1. The van der Waals surface area contributed by atoms with Crippen LogP contribution in [0, 0.1) is 23.5 Å². The number of rotatable bonds is 6. The maximum Gasteiger partial charge on any atom is 0.0992 e. The molecule has 0 amide bonds. The van der Waals surface area contributed by atoms with Gasteiger partial charge in [0.05, 0.1) is 28.5 Å². The normalized spacial score (nSPS) is 11.7. The largest absolute Gasteiger partial charge is 0.333 e. The number of benzene rings is 7. The van der Waals surface area contributed by atoms with Gasteiger partial charge in [0.2, 0.25) is 0 Å². The van der Waals surface area contributed by atoms with Crippen molar-refractivity contribution in [3.8, 4) is 45.5 Å². The van der Waals surface area contributed by atoms with Gasteiger partial charge >= 0.3 is 0 Å². The minimum atomic E-state index is 0. The Balaban J connectivity index is 0.000000273. The molecule has 0 N–H and O–H groups in total. The van der Waals surface area contributed by atoms with Crippen LogP contribution in [-0.4, -0.2) is 14.5 Å². The summed E-state index contributed by atoms with van der Waals surface area (Å²) in [5.41, 5.74) is 13.6. The third-order valence-corrected chi connectivity index (χ3v) is 14.6. The average molecular weight is 1070 g/mol. The van der Waals surface area contributed by atoms with Gasteiger partial charge in [0.15, 0.2) is 0 Å². The number of hydrogen-bond donors (Lipinski definition) is 0. The number of hydrogen-bond acceptors (Lipinski definition) is 5. The van der Waals surface area contributed by atoms with Crippen LogP contribution < -0.4 is 0 Å². The second kappa shape index (κ2) is 18.2. The van der Waals surface area contributed by atoms with E-state index in [0.717, 1.165) is 38.4 Å². The summed E-state index contributed by atoms with van der Waals surface area (Å²) in [4.78, 5) is 9.77. The summed E-state index contributed by atoms with van der Waals surface area (Å²) in [5.74, 6) is 1.51. The van der Waals surface area contributed by atoms with Crippen LogP contribution in [0.15, 0.2) is 152 Å². The maximum absolute atomic E-state index is 9.46. The van der Waals surface area contributed by atoms with Gasteiger partial charge in [-0.15, -0.1) is 65.4 Å². The Labute approximate surface area is 408 Å². The van der Waals surface area contributed by atoms with Crippen molar-refractivity contribution in [2.75, 3.05) is 0 Å². The molecule has 66 heavy (non-hydrogen) atoms. The molecule has 327 valence electrons. The molecule has 0 fully saturated rings. The molecule has 0 atom stereocenters.